The summed E-state index contributed by atoms with van der Waals surface area (Å²) in [6.07, 6.45) is 0. The number of ether oxygens (including phenoxy) is 1. The summed E-state index contributed by atoms with van der Waals surface area (Å²) >= 11 is 0. The van der Waals surface area contributed by atoms with Crippen LogP contribution < -0.4 is 10.1 Å². The molecule has 0 saturated carbocycles. The number of anilines is 1. The third-order valence-electron chi connectivity index (χ3n) is 4.55. The Balaban J connectivity index is 1.81. The second-order valence-corrected chi connectivity index (χ2v) is 8.37. The van der Waals surface area contributed by atoms with Crippen LogP contribution in [0, 0.1) is 11.6 Å². The molecule has 0 aliphatic carbocycles. The molecule has 0 bridgehead atoms. The number of imidazole rings is 1. The van der Waals surface area contributed by atoms with E-state index in [1.807, 2.05) is 0 Å². The number of nitrogens with one attached hydrogen (secondary N) is 1. The third-order valence-corrected chi connectivity index (χ3v) is 6.14. The summed E-state index contributed by atoms with van der Waals surface area (Å²) in [7, 11) is -2.12. The summed E-state index contributed by atoms with van der Waals surface area (Å²) in [5.74, 6) is -2.08. The largest absolute Gasteiger partial charge is 0.497 e. The fourth-order valence-corrected chi connectivity index (χ4v) is 4.49. The predicted octanol–water partition coefficient (Wildman–Crippen LogP) is 2.88. The van der Waals surface area contributed by atoms with Crippen molar-refractivity contribution in [2.75, 3.05) is 18.2 Å². The fourth-order valence-electron chi connectivity index (χ4n) is 3.13. The Morgan fingerprint density at radius 1 is 1.17 bits per heavy atom. The van der Waals surface area contributed by atoms with Gasteiger partial charge in [0.05, 0.1) is 18.6 Å². The van der Waals surface area contributed by atoms with Crippen molar-refractivity contribution in [3.05, 3.63) is 59.8 Å². The highest BCUT2D eigenvalue weighted by atomic mass is 32.2. The van der Waals surface area contributed by atoms with E-state index in [0.717, 1.165) is 12.1 Å². The van der Waals surface area contributed by atoms with Gasteiger partial charge in [-0.2, -0.15) is 0 Å². The number of fused-ring (bicyclic) bond motifs is 1. The molecular weight excluding hydrogens is 404 g/mol. The molecule has 150 valence electrons. The van der Waals surface area contributed by atoms with Crippen molar-refractivity contribution in [1.82, 2.24) is 9.55 Å². The number of methoxy groups -OCH3 is 1. The summed E-state index contributed by atoms with van der Waals surface area (Å²) in [6, 6.07) is 9.32. The topological polar surface area (TPSA) is 90.3 Å². The first-order chi connectivity index (χ1) is 13.8. The van der Waals surface area contributed by atoms with E-state index >= 15 is 0 Å². The maximum atomic E-state index is 14.0. The van der Waals surface area contributed by atoms with E-state index in [2.05, 4.69) is 10.3 Å². The molecule has 0 fully saturated rings. The summed E-state index contributed by atoms with van der Waals surface area (Å²) < 4.78 is 58.1. The van der Waals surface area contributed by atoms with Crippen molar-refractivity contribution in [1.29, 1.82) is 0 Å². The number of hydrogen-bond donors (Lipinski definition) is 1. The Hall–Kier alpha value is -3.27. The highest BCUT2D eigenvalue weighted by molar-refractivity contribution is 7.91. The Labute approximate surface area is 164 Å². The molecule has 10 heteroatoms. The molecule has 0 radical (unpaired) electrons. The Bertz CT molecular complexity index is 1220. The molecule has 0 atom stereocenters. The van der Waals surface area contributed by atoms with Gasteiger partial charge in [-0.3, -0.25) is 4.79 Å². The minimum Gasteiger partial charge on any atom is -0.497 e. The van der Waals surface area contributed by atoms with Crippen LogP contribution in [0.1, 0.15) is 10.5 Å². The molecule has 1 aliphatic heterocycles. The molecule has 0 saturated heterocycles. The molecule has 2 aromatic carbocycles. The molecule has 3 aromatic rings. The summed E-state index contributed by atoms with van der Waals surface area (Å²) in [5, 5.41) is 2.15. The monoisotopic (exact) mass is 419 g/mol. The van der Waals surface area contributed by atoms with Crippen molar-refractivity contribution in [3.63, 3.8) is 0 Å². The van der Waals surface area contributed by atoms with Gasteiger partial charge in [0.1, 0.15) is 28.8 Å². The molecular formula is C19H15F2N3O4S. The molecule has 1 aliphatic rings. The van der Waals surface area contributed by atoms with Crippen LogP contribution in [0.25, 0.3) is 11.3 Å². The van der Waals surface area contributed by atoms with Gasteiger partial charge < -0.3 is 14.6 Å². The number of carbonyl (C=O) groups excluding carboxylic acids is 1. The van der Waals surface area contributed by atoms with Gasteiger partial charge in [-0.15, -0.1) is 0 Å². The molecule has 1 aromatic heterocycles. The number of rotatable bonds is 4. The van der Waals surface area contributed by atoms with Gasteiger partial charge in [-0.05, 0) is 36.4 Å². The standard InChI is InChI=1S/C19H15F2N3O4S/c1-28-13-5-2-11(3-6-13)16-17(24-8-9-29(26,27)19(24)23-16)18(25)22-15-7-4-12(20)10-14(15)21/h2-7,10H,8-9H2,1H3,(H,22,25). The van der Waals surface area contributed by atoms with Gasteiger partial charge >= 0.3 is 0 Å². The van der Waals surface area contributed by atoms with E-state index in [4.69, 9.17) is 4.74 Å². The fraction of sp³-hybridized carbons (Fsp3) is 0.158. The van der Waals surface area contributed by atoms with Crippen LogP contribution in [-0.2, 0) is 16.4 Å². The van der Waals surface area contributed by atoms with Gasteiger partial charge in [0.15, 0.2) is 0 Å². The number of carbonyl (C=O) groups is 1. The lowest BCUT2D eigenvalue weighted by atomic mass is 10.1. The van der Waals surface area contributed by atoms with Gasteiger partial charge in [-0.25, -0.2) is 22.2 Å². The summed E-state index contributed by atoms with van der Waals surface area (Å²) in [4.78, 5) is 17.1. The number of nitrogens with zero attached hydrogens (tertiary/aromatic N) is 2. The minimum absolute atomic E-state index is 0.0185. The average Bonchev–Trinajstić information content (AvgIpc) is 3.22. The highest BCUT2D eigenvalue weighted by Gasteiger charge is 2.35. The number of hydrogen-bond acceptors (Lipinski definition) is 5. The van der Waals surface area contributed by atoms with Crippen LogP contribution in [-0.4, -0.2) is 36.7 Å². The van der Waals surface area contributed by atoms with E-state index in [1.165, 1.54) is 11.7 Å². The van der Waals surface area contributed by atoms with E-state index in [1.54, 1.807) is 24.3 Å². The van der Waals surface area contributed by atoms with Crippen molar-refractivity contribution in [2.45, 2.75) is 11.7 Å². The second-order valence-electron chi connectivity index (χ2n) is 6.37. The molecule has 1 amide bonds. The third kappa shape index (κ3) is 3.35. The maximum absolute atomic E-state index is 14.0. The van der Waals surface area contributed by atoms with E-state index in [9.17, 15) is 22.0 Å². The zero-order valence-electron chi connectivity index (χ0n) is 15.1. The van der Waals surface area contributed by atoms with Crippen molar-refractivity contribution in [2.24, 2.45) is 0 Å². The van der Waals surface area contributed by atoms with Crippen LogP contribution in [0.4, 0.5) is 14.5 Å². The zero-order chi connectivity index (χ0) is 20.8. The summed E-state index contributed by atoms with van der Waals surface area (Å²) in [6.45, 7) is 0.0511. The number of aromatic nitrogens is 2. The van der Waals surface area contributed by atoms with Crippen molar-refractivity contribution in [3.8, 4) is 17.0 Å². The van der Waals surface area contributed by atoms with E-state index in [0.29, 0.717) is 17.4 Å². The first-order valence-electron chi connectivity index (χ1n) is 8.54. The van der Waals surface area contributed by atoms with Crippen LogP contribution in [0.15, 0.2) is 47.6 Å². The SMILES string of the molecule is COc1ccc(-c2nc3n(c2C(=O)Nc2ccc(F)cc2F)CCS3(=O)=O)cc1. The number of halogens is 2. The van der Waals surface area contributed by atoms with Crippen molar-refractivity contribution >= 4 is 21.4 Å². The van der Waals surface area contributed by atoms with E-state index < -0.39 is 27.4 Å². The van der Waals surface area contributed by atoms with Crippen molar-refractivity contribution < 1.29 is 26.7 Å². The van der Waals surface area contributed by atoms with Crippen LogP contribution in [0.3, 0.4) is 0 Å². The molecule has 1 N–H and O–H groups in total. The quantitative estimate of drug-likeness (QED) is 0.702. The number of amides is 1. The second kappa shape index (κ2) is 6.96. The molecule has 2 heterocycles. The smallest absolute Gasteiger partial charge is 0.274 e. The van der Waals surface area contributed by atoms with Crippen LogP contribution >= 0.6 is 0 Å². The van der Waals surface area contributed by atoms with Gasteiger partial charge in [-0.1, -0.05) is 0 Å². The number of sulfone groups is 1. The maximum Gasteiger partial charge on any atom is 0.274 e. The zero-order valence-corrected chi connectivity index (χ0v) is 16.0. The average molecular weight is 419 g/mol. The molecule has 4 rings (SSSR count). The first kappa shape index (κ1) is 19.1. The van der Waals surface area contributed by atoms with Gasteiger partial charge in [0.25, 0.3) is 5.91 Å². The lowest BCUT2D eigenvalue weighted by Crippen LogP contribution is -2.18. The van der Waals surface area contributed by atoms with Gasteiger partial charge in [0.2, 0.25) is 15.0 Å². The Kier molecular flexibility index (Phi) is 4.58. The number of benzene rings is 2. The predicted molar refractivity (Wildman–Crippen MR) is 101 cm³/mol. The first-order valence-corrected chi connectivity index (χ1v) is 10.2. The highest BCUT2D eigenvalue weighted by Crippen LogP contribution is 2.32. The molecule has 29 heavy (non-hydrogen) atoms. The lowest BCUT2D eigenvalue weighted by molar-refractivity contribution is 0.101. The normalized spacial score (nSPS) is 14.4. The van der Waals surface area contributed by atoms with E-state index in [-0.39, 0.29) is 34.5 Å². The van der Waals surface area contributed by atoms with Crippen LogP contribution in [0.2, 0.25) is 0 Å². The molecule has 7 nitrogen and oxygen atoms in total. The van der Waals surface area contributed by atoms with Gasteiger partial charge in [0, 0.05) is 18.2 Å². The molecule has 0 unspecified atom stereocenters. The Morgan fingerprint density at radius 2 is 1.90 bits per heavy atom. The lowest BCUT2D eigenvalue weighted by Gasteiger charge is -2.10. The minimum atomic E-state index is -3.62. The molecule has 0 spiro atoms. The van der Waals surface area contributed by atoms with Crippen LogP contribution in [0.5, 0.6) is 5.75 Å². The summed E-state index contributed by atoms with van der Waals surface area (Å²) in [5.41, 5.74) is 0.391. The Morgan fingerprint density at radius 3 is 2.55 bits per heavy atom.